The van der Waals surface area contributed by atoms with Crippen LogP contribution in [0, 0.1) is 35.1 Å². The van der Waals surface area contributed by atoms with Gasteiger partial charge in [0.1, 0.15) is 11.3 Å². The highest BCUT2D eigenvalue weighted by molar-refractivity contribution is 5.55. The maximum Gasteiger partial charge on any atom is 0.186 e. The Hall–Kier alpha value is -1.78. The molecular formula is C15H16F4N2O. The Morgan fingerprint density at radius 1 is 1.00 bits per heavy atom. The highest BCUT2D eigenvalue weighted by Gasteiger charge is 2.29. The minimum absolute atomic E-state index is 0.146. The molecule has 1 saturated heterocycles. The molecule has 0 spiro atoms. The molecular weight excluding hydrogens is 300 g/mol. The molecule has 1 aromatic rings. The summed E-state index contributed by atoms with van der Waals surface area (Å²) < 4.78 is 61.4. The molecule has 2 rings (SSSR count). The number of anilines is 1. The number of hydrogen-bond acceptors (Lipinski definition) is 3. The van der Waals surface area contributed by atoms with Crippen LogP contribution in [-0.2, 0) is 4.74 Å². The van der Waals surface area contributed by atoms with Crippen molar-refractivity contribution in [1.29, 1.82) is 0 Å². The molecule has 0 aromatic heterocycles. The summed E-state index contributed by atoms with van der Waals surface area (Å²) in [5.74, 6) is -1.51. The Bertz CT molecular complexity index is 609. The highest BCUT2D eigenvalue weighted by Crippen LogP contribution is 2.31. The van der Waals surface area contributed by atoms with Gasteiger partial charge in [-0.3, -0.25) is 0 Å². The third kappa shape index (κ3) is 3.34. The van der Waals surface area contributed by atoms with Gasteiger partial charge in [0.15, 0.2) is 23.3 Å². The summed E-state index contributed by atoms with van der Waals surface area (Å²) in [5, 5.41) is 0. The quantitative estimate of drug-likeness (QED) is 0.490. The normalized spacial score (nSPS) is 15.5. The van der Waals surface area contributed by atoms with Crippen molar-refractivity contribution in [2.24, 2.45) is 5.73 Å². The van der Waals surface area contributed by atoms with Gasteiger partial charge >= 0.3 is 0 Å². The Kier molecular flexibility index (Phi) is 4.63. The predicted molar refractivity (Wildman–Crippen MR) is 74.5 cm³/mol. The van der Waals surface area contributed by atoms with Crippen LogP contribution in [0.5, 0.6) is 0 Å². The number of halogens is 4. The Morgan fingerprint density at radius 3 is 1.95 bits per heavy atom. The zero-order chi connectivity index (χ0) is 16.5. The number of nitrogens with zero attached hydrogens (tertiary/aromatic N) is 1. The first-order valence-corrected chi connectivity index (χ1v) is 6.73. The van der Waals surface area contributed by atoms with Crippen molar-refractivity contribution in [2.75, 3.05) is 31.2 Å². The van der Waals surface area contributed by atoms with Crippen molar-refractivity contribution >= 4 is 5.69 Å². The molecule has 1 heterocycles. The fraction of sp³-hybridized carbons (Fsp3) is 0.467. The standard InChI is InChI=1S/C15H16F4N2O/c1-15(2,20)4-3-9-10(16)12(18)14(13(19)11(9)17)21-5-7-22-8-6-21/h5-8,20H2,1-2H3. The average molecular weight is 316 g/mol. The molecule has 0 unspecified atom stereocenters. The summed E-state index contributed by atoms with van der Waals surface area (Å²) in [6, 6.07) is 0. The van der Waals surface area contributed by atoms with Crippen LogP contribution in [-0.4, -0.2) is 31.8 Å². The lowest BCUT2D eigenvalue weighted by atomic mass is 10.1. The zero-order valence-electron chi connectivity index (χ0n) is 12.3. The molecule has 3 nitrogen and oxygen atoms in total. The molecule has 0 bridgehead atoms. The second kappa shape index (κ2) is 6.15. The molecule has 0 aliphatic carbocycles. The molecule has 0 atom stereocenters. The van der Waals surface area contributed by atoms with Crippen molar-refractivity contribution in [3.63, 3.8) is 0 Å². The lowest BCUT2D eigenvalue weighted by molar-refractivity contribution is 0.122. The van der Waals surface area contributed by atoms with Gasteiger partial charge in [-0.15, -0.1) is 0 Å². The molecule has 0 radical (unpaired) electrons. The largest absolute Gasteiger partial charge is 0.378 e. The lowest BCUT2D eigenvalue weighted by Crippen LogP contribution is -2.37. The smallest absolute Gasteiger partial charge is 0.186 e. The number of rotatable bonds is 1. The van der Waals surface area contributed by atoms with Gasteiger partial charge in [0, 0.05) is 13.1 Å². The van der Waals surface area contributed by atoms with E-state index in [0.717, 1.165) is 0 Å². The molecule has 7 heteroatoms. The summed E-state index contributed by atoms with van der Waals surface area (Å²) in [4.78, 5) is 1.21. The van der Waals surface area contributed by atoms with Gasteiger partial charge in [-0.05, 0) is 13.8 Å². The van der Waals surface area contributed by atoms with E-state index in [1.54, 1.807) is 0 Å². The molecule has 1 fully saturated rings. The SMILES string of the molecule is CC(C)(N)C#Cc1c(F)c(F)c(N2CCOCC2)c(F)c1F. The molecule has 22 heavy (non-hydrogen) atoms. The molecule has 1 aliphatic heterocycles. The van der Waals surface area contributed by atoms with Crippen LogP contribution in [0.3, 0.4) is 0 Å². The fourth-order valence-corrected chi connectivity index (χ4v) is 2.02. The summed E-state index contributed by atoms with van der Waals surface area (Å²) in [6.07, 6.45) is 0. The minimum atomic E-state index is -1.52. The Morgan fingerprint density at radius 2 is 1.50 bits per heavy atom. The van der Waals surface area contributed by atoms with E-state index in [-0.39, 0.29) is 26.3 Å². The first-order chi connectivity index (χ1) is 10.2. The van der Waals surface area contributed by atoms with Crippen LogP contribution >= 0.6 is 0 Å². The third-order valence-corrected chi connectivity index (χ3v) is 3.08. The van der Waals surface area contributed by atoms with Crippen molar-refractivity contribution in [2.45, 2.75) is 19.4 Å². The highest BCUT2D eigenvalue weighted by atomic mass is 19.2. The fourth-order valence-electron chi connectivity index (χ4n) is 2.02. The molecule has 0 amide bonds. The van der Waals surface area contributed by atoms with Crippen molar-refractivity contribution in [3.05, 3.63) is 28.8 Å². The summed E-state index contributed by atoms with van der Waals surface area (Å²) in [7, 11) is 0. The van der Waals surface area contributed by atoms with Gasteiger partial charge in [0.2, 0.25) is 0 Å². The molecule has 1 aromatic carbocycles. The number of benzene rings is 1. The number of ether oxygens (including phenoxy) is 1. The number of nitrogens with two attached hydrogens (primary N) is 1. The lowest BCUT2D eigenvalue weighted by Gasteiger charge is -2.29. The first-order valence-electron chi connectivity index (χ1n) is 6.73. The van der Waals surface area contributed by atoms with Crippen molar-refractivity contribution in [1.82, 2.24) is 0 Å². The maximum atomic E-state index is 14.1. The van der Waals surface area contributed by atoms with E-state index < -0.39 is 40.1 Å². The second-order valence-electron chi connectivity index (χ2n) is 5.55. The molecule has 1 aliphatic rings. The van der Waals surface area contributed by atoms with Crippen molar-refractivity contribution < 1.29 is 22.3 Å². The van der Waals surface area contributed by atoms with E-state index in [1.807, 2.05) is 0 Å². The second-order valence-corrected chi connectivity index (χ2v) is 5.55. The zero-order valence-corrected chi connectivity index (χ0v) is 12.3. The van der Waals surface area contributed by atoms with Crippen LogP contribution in [0.25, 0.3) is 0 Å². The van der Waals surface area contributed by atoms with E-state index in [4.69, 9.17) is 10.5 Å². The van der Waals surface area contributed by atoms with Gasteiger partial charge in [0.05, 0.1) is 18.8 Å². The topological polar surface area (TPSA) is 38.5 Å². The Balaban J connectivity index is 2.54. The minimum Gasteiger partial charge on any atom is -0.378 e. The van der Waals surface area contributed by atoms with E-state index in [1.165, 1.54) is 18.7 Å². The van der Waals surface area contributed by atoms with Gasteiger partial charge in [-0.25, -0.2) is 17.6 Å². The van der Waals surface area contributed by atoms with Crippen molar-refractivity contribution in [3.8, 4) is 11.8 Å². The maximum absolute atomic E-state index is 14.1. The average Bonchev–Trinajstić information content (AvgIpc) is 2.45. The molecule has 120 valence electrons. The van der Waals surface area contributed by atoms with E-state index >= 15 is 0 Å². The van der Waals surface area contributed by atoms with E-state index in [2.05, 4.69) is 11.8 Å². The van der Waals surface area contributed by atoms with Crippen LogP contribution in [0.15, 0.2) is 0 Å². The van der Waals surface area contributed by atoms with Crippen LogP contribution < -0.4 is 10.6 Å². The predicted octanol–water partition coefficient (Wildman–Crippen LogP) is 2.17. The molecule has 0 saturated carbocycles. The van der Waals surface area contributed by atoms with E-state index in [0.29, 0.717) is 0 Å². The third-order valence-electron chi connectivity index (χ3n) is 3.08. The Labute approximate surface area is 126 Å². The van der Waals surface area contributed by atoms with Crippen LogP contribution in [0.4, 0.5) is 23.2 Å². The van der Waals surface area contributed by atoms with Crippen LogP contribution in [0.2, 0.25) is 0 Å². The molecule has 2 N–H and O–H groups in total. The summed E-state index contributed by atoms with van der Waals surface area (Å²) in [5.41, 5.74) is 2.85. The van der Waals surface area contributed by atoms with Gasteiger partial charge in [-0.1, -0.05) is 11.8 Å². The summed E-state index contributed by atoms with van der Waals surface area (Å²) >= 11 is 0. The number of hydrogen-bond donors (Lipinski definition) is 1. The monoisotopic (exact) mass is 316 g/mol. The van der Waals surface area contributed by atoms with E-state index in [9.17, 15) is 17.6 Å². The summed E-state index contributed by atoms with van der Waals surface area (Å²) in [6.45, 7) is 3.76. The van der Waals surface area contributed by atoms with Gasteiger partial charge < -0.3 is 15.4 Å². The van der Waals surface area contributed by atoms with Gasteiger partial charge in [-0.2, -0.15) is 0 Å². The first kappa shape index (κ1) is 16.6. The van der Waals surface area contributed by atoms with Crippen LogP contribution in [0.1, 0.15) is 19.4 Å². The number of morpholine rings is 1. The van der Waals surface area contributed by atoms with Gasteiger partial charge in [0.25, 0.3) is 0 Å².